The third kappa shape index (κ3) is 4.54. The predicted molar refractivity (Wildman–Crippen MR) is 76.3 cm³/mol. The van der Waals surface area contributed by atoms with Crippen LogP contribution in [0.25, 0.3) is 0 Å². The average molecular weight is 316 g/mol. The Balaban J connectivity index is 2.53. The van der Waals surface area contributed by atoms with Crippen LogP contribution in [0.15, 0.2) is 24.3 Å². The summed E-state index contributed by atoms with van der Waals surface area (Å²) in [4.78, 5) is 0. The van der Waals surface area contributed by atoms with Gasteiger partial charge in [0.15, 0.2) is 0 Å². The van der Waals surface area contributed by atoms with Crippen LogP contribution in [0.2, 0.25) is 0 Å². The maximum absolute atomic E-state index is 2.37. The Morgan fingerprint density at radius 1 is 1.07 bits per heavy atom. The van der Waals surface area contributed by atoms with Gasteiger partial charge in [-0.05, 0) is 59.0 Å². The zero-order valence-electron chi connectivity index (χ0n) is 9.80. The second-order valence-corrected chi connectivity index (χ2v) is 5.40. The monoisotopic (exact) mass is 316 g/mol. The fraction of sp³-hybridized carbons (Fsp3) is 0.571. The van der Waals surface area contributed by atoms with E-state index in [2.05, 4.69) is 60.7 Å². The minimum atomic E-state index is 0.772. The van der Waals surface area contributed by atoms with Crippen LogP contribution in [0.4, 0.5) is 0 Å². The van der Waals surface area contributed by atoms with Crippen molar-refractivity contribution in [3.05, 3.63) is 33.4 Å². The Bertz CT molecular complexity index is 263. The van der Waals surface area contributed by atoms with E-state index in [-0.39, 0.29) is 0 Å². The first-order valence-electron chi connectivity index (χ1n) is 6.03. The van der Waals surface area contributed by atoms with Gasteiger partial charge in [-0.2, -0.15) is 0 Å². The smallest absolute Gasteiger partial charge is 0.0130 e. The van der Waals surface area contributed by atoms with Crippen molar-refractivity contribution in [2.24, 2.45) is 0 Å². The molecule has 0 saturated carbocycles. The average Bonchev–Trinajstić information content (AvgIpc) is 2.26. The molecule has 0 aliphatic carbocycles. The summed E-state index contributed by atoms with van der Waals surface area (Å²) in [5.41, 5.74) is 1.52. The van der Waals surface area contributed by atoms with Crippen LogP contribution in [0.5, 0.6) is 0 Å². The van der Waals surface area contributed by atoms with Crippen molar-refractivity contribution < 1.29 is 0 Å². The second kappa shape index (κ2) is 7.26. The maximum atomic E-state index is 2.37. The van der Waals surface area contributed by atoms with Crippen LogP contribution in [0.3, 0.4) is 0 Å². The van der Waals surface area contributed by atoms with Gasteiger partial charge in [-0.1, -0.05) is 45.2 Å². The molecule has 0 N–H and O–H groups in total. The molecule has 0 amide bonds. The van der Waals surface area contributed by atoms with E-state index < -0.39 is 0 Å². The third-order valence-corrected chi connectivity index (χ3v) is 3.71. The van der Waals surface area contributed by atoms with Crippen LogP contribution >= 0.6 is 22.6 Å². The fourth-order valence-corrected chi connectivity index (χ4v) is 2.34. The minimum absolute atomic E-state index is 0.772. The van der Waals surface area contributed by atoms with Gasteiger partial charge in [-0.3, -0.25) is 0 Å². The van der Waals surface area contributed by atoms with Gasteiger partial charge in [0.25, 0.3) is 0 Å². The Morgan fingerprint density at radius 3 is 2.27 bits per heavy atom. The summed E-state index contributed by atoms with van der Waals surface area (Å²) >= 11 is 2.37. The lowest BCUT2D eigenvalue weighted by molar-refractivity contribution is 0.553. The van der Waals surface area contributed by atoms with E-state index in [4.69, 9.17) is 0 Å². The molecule has 0 radical (unpaired) electrons. The molecule has 0 aromatic heterocycles. The lowest BCUT2D eigenvalue weighted by Gasteiger charge is -2.15. The molecule has 0 fully saturated rings. The molecule has 0 aliphatic heterocycles. The molecule has 84 valence electrons. The highest BCUT2D eigenvalue weighted by Gasteiger charge is 2.08. The third-order valence-electron chi connectivity index (χ3n) is 2.99. The van der Waals surface area contributed by atoms with Gasteiger partial charge in [-0.25, -0.2) is 0 Å². The number of unbranched alkanes of at least 4 members (excludes halogenated alkanes) is 2. The Morgan fingerprint density at radius 2 is 1.73 bits per heavy atom. The largest absolute Gasteiger partial charge is 0.0654 e. The topological polar surface area (TPSA) is 0 Å². The SMILES string of the molecule is CCCCC[C@H](CC)c1ccc(I)cc1. The van der Waals surface area contributed by atoms with Gasteiger partial charge in [0, 0.05) is 3.57 Å². The number of hydrogen-bond acceptors (Lipinski definition) is 0. The van der Waals surface area contributed by atoms with E-state index in [1.54, 1.807) is 0 Å². The normalized spacial score (nSPS) is 12.7. The summed E-state index contributed by atoms with van der Waals surface area (Å²) in [6.07, 6.45) is 6.69. The van der Waals surface area contributed by atoms with Gasteiger partial charge < -0.3 is 0 Å². The van der Waals surface area contributed by atoms with Crippen molar-refractivity contribution in [3.63, 3.8) is 0 Å². The van der Waals surface area contributed by atoms with Gasteiger partial charge in [-0.15, -0.1) is 0 Å². The lowest BCUT2D eigenvalue weighted by Crippen LogP contribution is -1.97. The van der Waals surface area contributed by atoms with Crippen molar-refractivity contribution >= 4 is 22.6 Å². The van der Waals surface area contributed by atoms with E-state index in [1.807, 2.05) is 0 Å². The molecular formula is C14H21I. The number of halogens is 1. The molecule has 0 heterocycles. The summed E-state index contributed by atoms with van der Waals surface area (Å²) in [6.45, 7) is 4.57. The predicted octanol–water partition coefficient (Wildman–Crippen LogP) is 5.37. The van der Waals surface area contributed by atoms with Crippen molar-refractivity contribution in [1.82, 2.24) is 0 Å². The van der Waals surface area contributed by atoms with E-state index in [9.17, 15) is 0 Å². The minimum Gasteiger partial charge on any atom is -0.0654 e. The molecule has 1 aromatic rings. The quantitative estimate of drug-likeness (QED) is 0.489. The number of benzene rings is 1. The molecule has 1 atom stereocenters. The summed E-state index contributed by atoms with van der Waals surface area (Å²) in [5, 5.41) is 0. The molecule has 0 nitrogen and oxygen atoms in total. The molecule has 1 rings (SSSR count). The Labute approximate surface area is 108 Å². The summed E-state index contributed by atoms with van der Waals surface area (Å²) in [5.74, 6) is 0.772. The molecular weight excluding hydrogens is 295 g/mol. The maximum Gasteiger partial charge on any atom is 0.0130 e. The van der Waals surface area contributed by atoms with Crippen molar-refractivity contribution in [2.75, 3.05) is 0 Å². The van der Waals surface area contributed by atoms with Crippen LogP contribution < -0.4 is 0 Å². The first-order chi connectivity index (χ1) is 7.27. The highest BCUT2D eigenvalue weighted by molar-refractivity contribution is 14.1. The van der Waals surface area contributed by atoms with Gasteiger partial charge in [0.2, 0.25) is 0 Å². The van der Waals surface area contributed by atoms with E-state index in [0.717, 1.165) is 5.92 Å². The molecule has 0 unspecified atom stereocenters. The Kier molecular flexibility index (Phi) is 6.30. The van der Waals surface area contributed by atoms with Crippen molar-refractivity contribution in [1.29, 1.82) is 0 Å². The first-order valence-corrected chi connectivity index (χ1v) is 7.11. The molecule has 0 saturated heterocycles. The van der Waals surface area contributed by atoms with E-state index in [0.29, 0.717) is 0 Å². The van der Waals surface area contributed by atoms with Crippen molar-refractivity contribution in [3.8, 4) is 0 Å². The van der Waals surface area contributed by atoms with Gasteiger partial charge in [0.1, 0.15) is 0 Å². The Hall–Kier alpha value is -0.0500. The molecule has 15 heavy (non-hydrogen) atoms. The molecule has 0 aliphatic rings. The van der Waals surface area contributed by atoms with Gasteiger partial charge in [0.05, 0.1) is 0 Å². The zero-order chi connectivity index (χ0) is 11.1. The van der Waals surface area contributed by atoms with Crippen LogP contribution in [0, 0.1) is 3.57 Å². The molecule has 0 spiro atoms. The van der Waals surface area contributed by atoms with E-state index >= 15 is 0 Å². The highest BCUT2D eigenvalue weighted by Crippen LogP contribution is 2.26. The number of hydrogen-bond donors (Lipinski definition) is 0. The van der Waals surface area contributed by atoms with Gasteiger partial charge >= 0.3 is 0 Å². The molecule has 0 bridgehead atoms. The first kappa shape index (κ1) is 13.0. The molecule has 1 aromatic carbocycles. The fourth-order valence-electron chi connectivity index (χ4n) is 1.98. The van der Waals surface area contributed by atoms with Crippen LogP contribution in [0.1, 0.15) is 57.4 Å². The van der Waals surface area contributed by atoms with Crippen LogP contribution in [-0.2, 0) is 0 Å². The standard InChI is InChI=1S/C14H21I/c1-3-5-6-7-12(4-2)13-8-10-14(15)11-9-13/h8-12H,3-7H2,1-2H3/t12-/m0/s1. The summed E-state index contributed by atoms with van der Waals surface area (Å²) in [7, 11) is 0. The summed E-state index contributed by atoms with van der Waals surface area (Å²) in [6, 6.07) is 9.03. The molecule has 1 heteroatoms. The second-order valence-electron chi connectivity index (χ2n) is 4.15. The van der Waals surface area contributed by atoms with Crippen molar-refractivity contribution in [2.45, 2.75) is 51.9 Å². The number of rotatable bonds is 6. The summed E-state index contributed by atoms with van der Waals surface area (Å²) < 4.78 is 1.33. The highest BCUT2D eigenvalue weighted by atomic mass is 127. The van der Waals surface area contributed by atoms with Crippen LogP contribution in [-0.4, -0.2) is 0 Å². The lowest BCUT2D eigenvalue weighted by atomic mass is 9.91. The van der Waals surface area contributed by atoms with E-state index in [1.165, 1.54) is 41.2 Å². The zero-order valence-corrected chi connectivity index (χ0v) is 12.0.